The Morgan fingerprint density at radius 1 is 0.929 bits per heavy atom. The molecule has 0 aromatic heterocycles. The SMILES string of the molecule is CCN1C2=C(C(=O)CC(C)(C)C2)C(c2cc(Br)ccc2OCC(=O)Nc2cc(C)ccc2C)C2=C1CC(C)(C)CC2=O. The topological polar surface area (TPSA) is 75.7 Å². The third kappa shape index (κ3) is 5.85. The highest BCUT2D eigenvalue weighted by atomic mass is 79.9. The van der Waals surface area contributed by atoms with Crippen LogP contribution in [-0.4, -0.2) is 35.5 Å². The molecule has 42 heavy (non-hydrogen) atoms. The van der Waals surface area contributed by atoms with Crippen molar-refractivity contribution in [1.82, 2.24) is 4.90 Å². The molecule has 0 radical (unpaired) electrons. The molecule has 2 aromatic rings. The van der Waals surface area contributed by atoms with Gasteiger partial charge in [-0.15, -0.1) is 0 Å². The van der Waals surface area contributed by atoms with E-state index >= 15 is 0 Å². The van der Waals surface area contributed by atoms with Gasteiger partial charge in [0.1, 0.15) is 5.75 Å². The summed E-state index contributed by atoms with van der Waals surface area (Å²) in [4.78, 5) is 43.2. The van der Waals surface area contributed by atoms with E-state index in [1.54, 1.807) is 0 Å². The minimum atomic E-state index is -0.542. The van der Waals surface area contributed by atoms with Crippen LogP contribution in [0.25, 0.3) is 0 Å². The zero-order valence-corrected chi connectivity index (χ0v) is 27.3. The van der Waals surface area contributed by atoms with Crippen LogP contribution >= 0.6 is 15.9 Å². The maximum Gasteiger partial charge on any atom is 0.262 e. The van der Waals surface area contributed by atoms with Gasteiger partial charge in [0.05, 0.1) is 0 Å². The van der Waals surface area contributed by atoms with Crippen LogP contribution in [0.4, 0.5) is 5.69 Å². The molecule has 3 aliphatic rings. The number of hydrogen-bond acceptors (Lipinski definition) is 5. The first kappa shape index (κ1) is 30.3. The number of amides is 1. The number of ether oxygens (including phenoxy) is 1. The largest absolute Gasteiger partial charge is 0.483 e. The van der Waals surface area contributed by atoms with Crippen molar-refractivity contribution in [3.63, 3.8) is 0 Å². The molecule has 0 saturated carbocycles. The molecule has 5 rings (SSSR count). The van der Waals surface area contributed by atoms with Crippen LogP contribution in [0.15, 0.2) is 63.4 Å². The molecule has 1 heterocycles. The Balaban J connectivity index is 1.59. The third-order valence-electron chi connectivity index (χ3n) is 8.65. The van der Waals surface area contributed by atoms with Crippen LogP contribution in [0.1, 0.15) is 82.9 Å². The number of ketones is 2. The summed E-state index contributed by atoms with van der Waals surface area (Å²) in [5.41, 5.74) is 6.60. The second kappa shape index (κ2) is 11.1. The fourth-order valence-electron chi connectivity index (χ4n) is 6.82. The lowest BCUT2D eigenvalue weighted by Gasteiger charge is -2.49. The van der Waals surface area contributed by atoms with Crippen molar-refractivity contribution in [3.8, 4) is 5.75 Å². The quantitative estimate of drug-likeness (QED) is 0.352. The Labute approximate surface area is 257 Å². The average molecular weight is 634 g/mol. The van der Waals surface area contributed by atoms with Crippen molar-refractivity contribution in [2.75, 3.05) is 18.5 Å². The number of aryl methyl sites for hydroxylation is 2. The first-order valence-electron chi connectivity index (χ1n) is 14.8. The number of hydrogen-bond donors (Lipinski definition) is 1. The van der Waals surface area contributed by atoms with E-state index < -0.39 is 5.92 Å². The van der Waals surface area contributed by atoms with Crippen LogP contribution in [0.2, 0.25) is 0 Å². The first-order chi connectivity index (χ1) is 19.7. The van der Waals surface area contributed by atoms with Crippen molar-refractivity contribution in [1.29, 1.82) is 0 Å². The Morgan fingerprint density at radius 3 is 2.10 bits per heavy atom. The first-order valence-corrected chi connectivity index (χ1v) is 15.6. The van der Waals surface area contributed by atoms with Gasteiger partial charge in [0.2, 0.25) is 0 Å². The van der Waals surface area contributed by atoms with Gasteiger partial charge in [-0.05, 0) is 79.8 Å². The summed E-state index contributed by atoms with van der Waals surface area (Å²) in [7, 11) is 0. The molecule has 0 fully saturated rings. The van der Waals surface area contributed by atoms with Crippen molar-refractivity contribution < 1.29 is 19.1 Å². The lowest BCUT2D eigenvalue weighted by atomic mass is 9.63. The summed E-state index contributed by atoms with van der Waals surface area (Å²) in [6.45, 7) is 15.1. The Bertz CT molecular complexity index is 1490. The Morgan fingerprint density at radius 2 is 1.52 bits per heavy atom. The van der Waals surface area contributed by atoms with Crippen molar-refractivity contribution in [3.05, 3.63) is 80.1 Å². The van der Waals surface area contributed by atoms with Gasteiger partial charge >= 0.3 is 0 Å². The number of anilines is 1. The molecule has 2 aromatic carbocycles. The molecular formula is C35H41BrN2O4. The van der Waals surface area contributed by atoms with E-state index in [-0.39, 0.29) is 34.9 Å². The van der Waals surface area contributed by atoms with E-state index in [2.05, 4.69) is 60.8 Å². The molecule has 0 atom stereocenters. The summed E-state index contributed by atoms with van der Waals surface area (Å²) >= 11 is 3.62. The number of nitrogens with one attached hydrogen (secondary N) is 1. The molecule has 2 aliphatic carbocycles. The van der Waals surface area contributed by atoms with Gasteiger partial charge in [-0.3, -0.25) is 14.4 Å². The normalized spacial score (nSPS) is 20.0. The van der Waals surface area contributed by atoms with Gasteiger partial charge in [-0.1, -0.05) is 55.8 Å². The second-order valence-corrected chi connectivity index (χ2v) is 14.5. The summed E-state index contributed by atoms with van der Waals surface area (Å²) < 4.78 is 7.02. The van der Waals surface area contributed by atoms with Crippen molar-refractivity contribution >= 4 is 39.1 Å². The number of benzene rings is 2. The summed E-state index contributed by atoms with van der Waals surface area (Å²) in [5.74, 6) is -0.165. The molecule has 0 saturated heterocycles. The molecule has 6 nitrogen and oxygen atoms in total. The monoisotopic (exact) mass is 632 g/mol. The van der Waals surface area contributed by atoms with Crippen molar-refractivity contribution in [2.45, 2.75) is 80.1 Å². The maximum absolute atomic E-state index is 14.0. The number of allylic oxidation sites excluding steroid dienone is 4. The predicted molar refractivity (Wildman–Crippen MR) is 169 cm³/mol. The van der Waals surface area contributed by atoms with Crippen molar-refractivity contribution in [2.24, 2.45) is 10.8 Å². The number of carbonyl (C=O) groups is 3. The van der Waals surface area contributed by atoms with E-state index in [0.717, 1.165) is 51.1 Å². The summed E-state index contributed by atoms with van der Waals surface area (Å²) in [6.07, 6.45) is 2.35. The molecular weight excluding hydrogens is 592 g/mol. The number of rotatable bonds is 6. The van der Waals surface area contributed by atoms with E-state index in [1.807, 2.05) is 50.2 Å². The lowest BCUT2D eigenvalue weighted by Crippen LogP contribution is -2.44. The minimum Gasteiger partial charge on any atom is -0.483 e. The molecule has 1 N–H and O–H groups in total. The molecule has 0 unspecified atom stereocenters. The van der Waals surface area contributed by atoms with E-state index in [9.17, 15) is 14.4 Å². The van der Waals surface area contributed by atoms with Gasteiger partial charge in [0.25, 0.3) is 5.91 Å². The summed E-state index contributed by atoms with van der Waals surface area (Å²) in [6, 6.07) is 11.6. The molecule has 7 heteroatoms. The van der Waals surface area contributed by atoms with E-state index in [1.165, 1.54) is 0 Å². The third-order valence-corrected chi connectivity index (χ3v) is 9.14. The van der Waals surface area contributed by atoms with Gasteiger partial charge in [-0.2, -0.15) is 0 Å². The smallest absolute Gasteiger partial charge is 0.262 e. The number of carbonyl (C=O) groups excluding carboxylic acids is 3. The predicted octanol–water partition coefficient (Wildman–Crippen LogP) is 7.79. The maximum atomic E-state index is 14.0. The highest BCUT2D eigenvalue weighted by Gasteiger charge is 2.49. The van der Waals surface area contributed by atoms with Gasteiger partial charge in [0.15, 0.2) is 18.2 Å². The standard InChI is InChI=1S/C35H41BrN2O4/c1-8-38-25-15-34(4,5)17-27(39)32(25)31(33-26(38)16-35(6,7)18-28(33)40)23-14-22(36)11-12-29(23)42-19-30(41)37-24-13-20(2)9-10-21(24)3/h9-14,31H,8,15-19H2,1-7H3,(H,37,41). The lowest BCUT2D eigenvalue weighted by molar-refractivity contribution is -0.120. The molecule has 222 valence electrons. The second-order valence-electron chi connectivity index (χ2n) is 13.6. The van der Waals surface area contributed by atoms with E-state index in [0.29, 0.717) is 36.3 Å². The summed E-state index contributed by atoms with van der Waals surface area (Å²) in [5, 5.41) is 2.96. The number of halogens is 1. The highest BCUT2D eigenvalue weighted by molar-refractivity contribution is 9.10. The van der Waals surface area contributed by atoms with Crippen LogP contribution in [0, 0.1) is 24.7 Å². The average Bonchev–Trinajstić information content (AvgIpc) is 2.87. The highest BCUT2D eigenvalue weighted by Crippen LogP contribution is 2.55. The fourth-order valence-corrected chi connectivity index (χ4v) is 7.20. The fraction of sp³-hybridized carbons (Fsp3) is 0.457. The Hall–Kier alpha value is -3.19. The molecule has 0 spiro atoms. The van der Waals surface area contributed by atoms with Crippen LogP contribution in [-0.2, 0) is 14.4 Å². The van der Waals surface area contributed by atoms with Gasteiger partial charge < -0.3 is 15.0 Å². The van der Waals surface area contributed by atoms with Crippen LogP contribution in [0.3, 0.4) is 0 Å². The molecule has 1 aliphatic heterocycles. The van der Waals surface area contributed by atoms with Crippen LogP contribution in [0.5, 0.6) is 5.75 Å². The van der Waals surface area contributed by atoms with E-state index in [4.69, 9.17) is 4.74 Å². The van der Waals surface area contributed by atoms with Gasteiger partial charge in [-0.25, -0.2) is 0 Å². The Kier molecular flexibility index (Phi) is 8.03. The van der Waals surface area contributed by atoms with Gasteiger partial charge in [0, 0.05) is 63.6 Å². The minimum absolute atomic E-state index is 0.0764. The number of nitrogens with zero attached hydrogens (tertiary/aromatic N) is 1. The number of Topliss-reactive ketones (excluding diaryl/α,β-unsaturated/α-hetero) is 2. The molecule has 0 bridgehead atoms. The molecule has 1 amide bonds. The zero-order valence-electron chi connectivity index (χ0n) is 25.7. The zero-order chi connectivity index (χ0) is 30.6. The van der Waals surface area contributed by atoms with Crippen LogP contribution < -0.4 is 10.1 Å².